The summed E-state index contributed by atoms with van der Waals surface area (Å²) in [5.74, 6) is 0. The summed E-state index contributed by atoms with van der Waals surface area (Å²) in [5, 5.41) is 6.67. The number of benzene rings is 1. The molecule has 0 aliphatic heterocycles. The molecular formula is C20H37N3O3S. The molecule has 0 atom stereocenters. The predicted molar refractivity (Wildman–Crippen MR) is 111 cm³/mol. The summed E-state index contributed by atoms with van der Waals surface area (Å²) in [7, 11) is -3.61. The topological polar surface area (TPSA) is 93.5 Å². The van der Waals surface area contributed by atoms with Gasteiger partial charge in [-0.15, -0.1) is 0 Å². The van der Waals surface area contributed by atoms with Crippen molar-refractivity contribution in [1.82, 2.24) is 10.6 Å². The molecule has 27 heavy (non-hydrogen) atoms. The van der Waals surface area contributed by atoms with Crippen LogP contribution in [-0.2, 0) is 14.3 Å². The minimum absolute atomic E-state index is 0.233. The Hall–Kier alpha value is -0.990. The van der Waals surface area contributed by atoms with Gasteiger partial charge in [0.1, 0.15) is 0 Å². The number of unbranched alkanes of at least 4 members (excludes halogenated alkanes) is 6. The van der Waals surface area contributed by atoms with Crippen molar-refractivity contribution in [3.63, 3.8) is 0 Å². The Bertz CT molecular complexity index is 577. The van der Waals surface area contributed by atoms with E-state index in [-0.39, 0.29) is 11.5 Å². The summed E-state index contributed by atoms with van der Waals surface area (Å²) in [4.78, 5) is 0.233. The van der Waals surface area contributed by atoms with Crippen LogP contribution in [-0.4, -0.2) is 47.7 Å². The van der Waals surface area contributed by atoms with Gasteiger partial charge in [-0.2, -0.15) is 8.42 Å². The van der Waals surface area contributed by atoms with Crippen LogP contribution < -0.4 is 16.4 Å². The minimum Gasteiger partial charge on any atom is -0.329 e. The van der Waals surface area contributed by atoms with Crippen molar-refractivity contribution >= 4 is 10.1 Å². The van der Waals surface area contributed by atoms with Crippen LogP contribution in [0.2, 0.25) is 0 Å². The molecule has 0 aliphatic carbocycles. The molecule has 0 amide bonds. The molecule has 0 aliphatic rings. The number of hydrogen-bond acceptors (Lipinski definition) is 6. The zero-order valence-corrected chi connectivity index (χ0v) is 17.5. The van der Waals surface area contributed by atoms with Gasteiger partial charge in [-0.1, -0.05) is 49.8 Å². The van der Waals surface area contributed by atoms with Crippen molar-refractivity contribution in [3.05, 3.63) is 29.8 Å². The molecule has 0 saturated carbocycles. The van der Waals surface area contributed by atoms with Crippen LogP contribution in [0.15, 0.2) is 29.2 Å². The van der Waals surface area contributed by atoms with Crippen LogP contribution in [0.25, 0.3) is 0 Å². The van der Waals surface area contributed by atoms with Crippen LogP contribution >= 0.6 is 0 Å². The smallest absolute Gasteiger partial charge is 0.296 e. The first kappa shape index (κ1) is 24.0. The summed E-state index contributed by atoms with van der Waals surface area (Å²) in [5.41, 5.74) is 6.44. The number of nitrogens with two attached hydrogens (primary N) is 1. The fraction of sp³-hybridized carbons (Fsp3) is 0.700. The molecule has 4 N–H and O–H groups in total. The molecule has 0 heterocycles. The molecule has 0 bridgehead atoms. The Morgan fingerprint density at radius 2 is 1.37 bits per heavy atom. The van der Waals surface area contributed by atoms with E-state index in [1.54, 1.807) is 24.3 Å². The molecule has 6 nitrogen and oxygen atoms in total. The first-order valence-electron chi connectivity index (χ1n) is 10.1. The molecule has 0 saturated heterocycles. The highest BCUT2D eigenvalue weighted by Gasteiger charge is 2.14. The zero-order chi connectivity index (χ0) is 19.8. The first-order valence-corrected chi connectivity index (χ1v) is 11.5. The van der Waals surface area contributed by atoms with Crippen molar-refractivity contribution in [2.24, 2.45) is 5.73 Å². The zero-order valence-electron chi connectivity index (χ0n) is 16.7. The summed E-state index contributed by atoms with van der Waals surface area (Å²) in [6, 6.07) is 6.75. The Morgan fingerprint density at radius 3 is 2.00 bits per heavy atom. The second-order valence-electron chi connectivity index (χ2n) is 6.85. The second kappa shape index (κ2) is 15.0. The standard InChI is InChI=1S/C20H37N3O3S/c1-19-9-11-20(12-10-19)27(24,25)26-18-8-6-4-2-3-5-7-14-22-16-17-23-15-13-21/h9-12,22-23H,2-8,13-18,21H2,1H3. The molecular weight excluding hydrogens is 362 g/mol. The Balaban J connectivity index is 1.91. The molecule has 0 spiro atoms. The van der Waals surface area contributed by atoms with Crippen LogP contribution in [0.4, 0.5) is 0 Å². The van der Waals surface area contributed by atoms with Crippen molar-refractivity contribution in [1.29, 1.82) is 0 Å². The number of hydrogen-bond donors (Lipinski definition) is 3. The minimum atomic E-state index is -3.61. The summed E-state index contributed by atoms with van der Waals surface area (Å²) in [6.07, 6.45) is 7.79. The van der Waals surface area contributed by atoms with Crippen LogP contribution in [0.3, 0.4) is 0 Å². The lowest BCUT2D eigenvalue weighted by Gasteiger charge is -2.07. The van der Waals surface area contributed by atoms with Crippen molar-refractivity contribution in [2.45, 2.75) is 56.8 Å². The lowest BCUT2D eigenvalue weighted by Crippen LogP contribution is -2.31. The van der Waals surface area contributed by atoms with Gasteiger partial charge >= 0.3 is 0 Å². The highest BCUT2D eigenvalue weighted by atomic mass is 32.2. The normalized spacial score (nSPS) is 11.8. The maximum atomic E-state index is 12.0. The average molecular weight is 400 g/mol. The van der Waals surface area contributed by atoms with Gasteiger partial charge in [-0.3, -0.25) is 4.18 Å². The van der Waals surface area contributed by atoms with Gasteiger partial charge in [0.15, 0.2) is 0 Å². The predicted octanol–water partition coefficient (Wildman–Crippen LogP) is 2.57. The van der Waals surface area contributed by atoms with Crippen LogP contribution in [0.5, 0.6) is 0 Å². The third-order valence-electron chi connectivity index (χ3n) is 4.35. The van der Waals surface area contributed by atoms with E-state index in [9.17, 15) is 8.42 Å². The highest BCUT2D eigenvalue weighted by molar-refractivity contribution is 7.86. The molecule has 7 heteroatoms. The van der Waals surface area contributed by atoms with Crippen molar-refractivity contribution in [2.75, 3.05) is 39.3 Å². The van der Waals surface area contributed by atoms with Gasteiger partial charge in [-0.05, 0) is 38.4 Å². The number of nitrogens with one attached hydrogen (secondary N) is 2. The van der Waals surface area contributed by atoms with Crippen molar-refractivity contribution in [3.8, 4) is 0 Å². The van der Waals surface area contributed by atoms with Gasteiger partial charge in [0.25, 0.3) is 10.1 Å². The quantitative estimate of drug-likeness (QED) is 0.275. The molecule has 0 fully saturated rings. The van der Waals surface area contributed by atoms with E-state index in [2.05, 4.69) is 10.6 Å². The summed E-state index contributed by atoms with van der Waals surface area (Å²) < 4.78 is 29.2. The SMILES string of the molecule is Cc1ccc(S(=O)(=O)OCCCCCCCCCNCCNCCN)cc1. The Morgan fingerprint density at radius 1 is 0.815 bits per heavy atom. The Labute approximate surface area is 165 Å². The molecule has 1 rings (SSSR count). The summed E-state index contributed by atoms with van der Waals surface area (Å²) in [6.45, 7) is 6.78. The lowest BCUT2D eigenvalue weighted by atomic mass is 10.1. The van der Waals surface area contributed by atoms with Crippen LogP contribution in [0.1, 0.15) is 50.5 Å². The second-order valence-corrected chi connectivity index (χ2v) is 8.47. The fourth-order valence-electron chi connectivity index (χ4n) is 2.71. The van der Waals surface area contributed by atoms with E-state index in [0.717, 1.165) is 51.0 Å². The monoisotopic (exact) mass is 399 g/mol. The summed E-state index contributed by atoms with van der Waals surface area (Å²) >= 11 is 0. The Kier molecular flexibility index (Phi) is 13.4. The van der Waals surface area contributed by atoms with Gasteiger partial charge in [0, 0.05) is 26.2 Å². The third kappa shape index (κ3) is 12.2. The average Bonchev–Trinajstić information content (AvgIpc) is 2.65. The molecule has 1 aromatic carbocycles. The van der Waals surface area contributed by atoms with Gasteiger partial charge < -0.3 is 16.4 Å². The van der Waals surface area contributed by atoms with Gasteiger partial charge in [-0.25, -0.2) is 0 Å². The van der Waals surface area contributed by atoms with E-state index in [1.165, 1.54) is 25.7 Å². The van der Waals surface area contributed by atoms with E-state index in [0.29, 0.717) is 6.54 Å². The first-order chi connectivity index (χ1) is 13.1. The molecule has 156 valence electrons. The number of rotatable bonds is 17. The number of aryl methyl sites for hydroxylation is 1. The van der Waals surface area contributed by atoms with Gasteiger partial charge in [0.2, 0.25) is 0 Å². The highest BCUT2D eigenvalue weighted by Crippen LogP contribution is 2.14. The van der Waals surface area contributed by atoms with E-state index in [4.69, 9.17) is 9.92 Å². The third-order valence-corrected chi connectivity index (χ3v) is 5.67. The molecule has 1 aromatic rings. The maximum Gasteiger partial charge on any atom is 0.296 e. The molecule has 0 radical (unpaired) electrons. The largest absolute Gasteiger partial charge is 0.329 e. The maximum absolute atomic E-state index is 12.0. The van der Waals surface area contributed by atoms with Crippen LogP contribution in [0, 0.1) is 6.92 Å². The van der Waals surface area contributed by atoms with Crippen molar-refractivity contribution < 1.29 is 12.6 Å². The lowest BCUT2D eigenvalue weighted by molar-refractivity contribution is 0.306. The van der Waals surface area contributed by atoms with E-state index >= 15 is 0 Å². The van der Waals surface area contributed by atoms with E-state index in [1.807, 2.05) is 6.92 Å². The molecule has 0 unspecified atom stereocenters. The van der Waals surface area contributed by atoms with E-state index < -0.39 is 10.1 Å². The van der Waals surface area contributed by atoms with Gasteiger partial charge in [0.05, 0.1) is 11.5 Å². The fourth-order valence-corrected chi connectivity index (χ4v) is 3.65. The molecule has 0 aromatic heterocycles.